The molecule has 1 aliphatic rings. The lowest BCUT2D eigenvalue weighted by Crippen LogP contribution is -2.29. The van der Waals surface area contributed by atoms with Crippen molar-refractivity contribution in [1.82, 2.24) is 0 Å². The molecule has 4 heteroatoms. The molecule has 0 radical (unpaired) electrons. The van der Waals surface area contributed by atoms with Gasteiger partial charge in [0.25, 0.3) is 0 Å². The van der Waals surface area contributed by atoms with E-state index in [9.17, 15) is 9.18 Å². The van der Waals surface area contributed by atoms with Crippen LogP contribution in [0.4, 0.5) is 4.39 Å². The quantitative estimate of drug-likeness (QED) is 0.515. The minimum atomic E-state index is -0.255. The van der Waals surface area contributed by atoms with Gasteiger partial charge in [-0.3, -0.25) is 4.79 Å². The summed E-state index contributed by atoms with van der Waals surface area (Å²) in [5.74, 6) is 0.0843. The number of rotatable bonds is 6. The van der Waals surface area contributed by atoms with Gasteiger partial charge < -0.3 is 9.47 Å². The van der Waals surface area contributed by atoms with Crippen LogP contribution in [0, 0.1) is 11.7 Å². The molecule has 0 aliphatic heterocycles. The fourth-order valence-electron chi connectivity index (χ4n) is 3.31. The van der Waals surface area contributed by atoms with Crippen molar-refractivity contribution < 1.29 is 18.7 Å². The second kappa shape index (κ2) is 8.95. The second-order valence-corrected chi connectivity index (χ2v) is 6.80. The maximum absolute atomic E-state index is 13.0. The molecule has 2 aromatic rings. The molecule has 3 nitrogen and oxygen atoms in total. The fourth-order valence-corrected chi connectivity index (χ4v) is 3.31. The van der Waals surface area contributed by atoms with Crippen molar-refractivity contribution in [2.75, 3.05) is 6.61 Å². The van der Waals surface area contributed by atoms with Gasteiger partial charge in [0.2, 0.25) is 0 Å². The average molecular weight is 356 g/mol. The Morgan fingerprint density at radius 1 is 0.962 bits per heavy atom. The summed E-state index contributed by atoms with van der Waals surface area (Å²) < 4.78 is 24.3. The summed E-state index contributed by atoms with van der Waals surface area (Å²) in [4.78, 5) is 12.4. The molecule has 26 heavy (non-hydrogen) atoms. The Kier molecular flexibility index (Phi) is 6.40. The van der Waals surface area contributed by atoms with Crippen molar-refractivity contribution in [1.29, 1.82) is 0 Å². The van der Waals surface area contributed by atoms with Crippen molar-refractivity contribution in [3.63, 3.8) is 0 Å². The molecular formula is C22H25FO3. The Bertz CT molecular complexity index is 701. The molecule has 0 aromatic heterocycles. The number of halogens is 1. The molecule has 138 valence electrons. The first-order chi connectivity index (χ1) is 12.7. The summed E-state index contributed by atoms with van der Waals surface area (Å²) in [5.41, 5.74) is 1.88. The second-order valence-electron chi connectivity index (χ2n) is 6.80. The van der Waals surface area contributed by atoms with Crippen LogP contribution in [0.25, 0.3) is 11.1 Å². The number of carbonyl (C=O) groups excluding carboxylic acids is 1. The molecule has 0 spiro atoms. The molecule has 2 aromatic carbocycles. The Labute approximate surface area is 154 Å². The van der Waals surface area contributed by atoms with E-state index in [1.54, 1.807) is 24.3 Å². The van der Waals surface area contributed by atoms with Crippen molar-refractivity contribution in [3.05, 3.63) is 54.3 Å². The molecule has 0 heterocycles. The molecule has 0 amide bonds. The van der Waals surface area contributed by atoms with Crippen LogP contribution in [0.15, 0.2) is 48.5 Å². The SMILES string of the molecule is CCCO[C@H]1CC[C@H](C(=O)Oc2ccc(-c3ccc(F)cc3)cc2)CC1. The lowest BCUT2D eigenvalue weighted by Gasteiger charge is -2.27. The van der Waals surface area contributed by atoms with Crippen LogP contribution < -0.4 is 4.74 Å². The Balaban J connectivity index is 1.53. The van der Waals surface area contributed by atoms with Gasteiger partial charge in [-0.2, -0.15) is 0 Å². The largest absolute Gasteiger partial charge is 0.426 e. The Morgan fingerprint density at radius 3 is 2.12 bits per heavy atom. The van der Waals surface area contributed by atoms with E-state index in [1.165, 1.54) is 12.1 Å². The van der Waals surface area contributed by atoms with E-state index in [2.05, 4.69) is 6.92 Å². The minimum absolute atomic E-state index is 0.0479. The van der Waals surface area contributed by atoms with E-state index in [0.717, 1.165) is 49.8 Å². The van der Waals surface area contributed by atoms with Crippen LogP contribution in [0.1, 0.15) is 39.0 Å². The summed E-state index contributed by atoms with van der Waals surface area (Å²) in [7, 11) is 0. The van der Waals surface area contributed by atoms with Gasteiger partial charge in [-0.05, 0) is 67.5 Å². The van der Waals surface area contributed by atoms with Gasteiger partial charge in [0.15, 0.2) is 0 Å². The highest BCUT2D eigenvalue weighted by Gasteiger charge is 2.28. The van der Waals surface area contributed by atoms with Crippen molar-refractivity contribution in [2.24, 2.45) is 5.92 Å². The fraction of sp³-hybridized carbons (Fsp3) is 0.409. The van der Waals surface area contributed by atoms with Gasteiger partial charge in [0, 0.05) is 6.61 Å². The van der Waals surface area contributed by atoms with Gasteiger partial charge in [0.1, 0.15) is 11.6 Å². The minimum Gasteiger partial charge on any atom is -0.426 e. The number of esters is 1. The number of hydrogen-bond donors (Lipinski definition) is 0. The van der Waals surface area contributed by atoms with E-state index in [1.807, 2.05) is 12.1 Å². The summed E-state index contributed by atoms with van der Waals surface area (Å²) in [5, 5.41) is 0. The first kappa shape index (κ1) is 18.6. The summed E-state index contributed by atoms with van der Waals surface area (Å²) in [6.07, 6.45) is 4.79. The van der Waals surface area contributed by atoms with Crippen molar-refractivity contribution >= 4 is 5.97 Å². The predicted molar refractivity (Wildman–Crippen MR) is 99.5 cm³/mol. The normalized spacial score (nSPS) is 19.9. The monoisotopic (exact) mass is 356 g/mol. The molecule has 1 aliphatic carbocycles. The van der Waals surface area contributed by atoms with Crippen LogP contribution in [0.3, 0.4) is 0 Å². The van der Waals surface area contributed by atoms with Crippen LogP contribution in [0.2, 0.25) is 0 Å². The highest BCUT2D eigenvalue weighted by atomic mass is 19.1. The molecule has 0 bridgehead atoms. The predicted octanol–water partition coefficient (Wildman–Crippen LogP) is 5.38. The molecule has 0 atom stereocenters. The van der Waals surface area contributed by atoms with E-state index >= 15 is 0 Å². The summed E-state index contributed by atoms with van der Waals surface area (Å²) in [6.45, 7) is 2.89. The van der Waals surface area contributed by atoms with Crippen molar-refractivity contribution in [3.8, 4) is 16.9 Å². The van der Waals surface area contributed by atoms with Gasteiger partial charge in [0.05, 0.1) is 12.0 Å². The number of benzene rings is 2. The zero-order valence-electron chi connectivity index (χ0n) is 15.1. The number of hydrogen-bond acceptors (Lipinski definition) is 3. The van der Waals surface area contributed by atoms with Gasteiger partial charge in [-0.25, -0.2) is 4.39 Å². The van der Waals surface area contributed by atoms with Crippen LogP contribution >= 0.6 is 0 Å². The zero-order valence-corrected chi connectivity index (χ0v) is 15.1. The number of ether oxygens (including phenoxy) is 2. The highest BCUT2D eigenvalue weighted by Crippen LogP contribution is 2.29. The van der Waals surface area contributed by atoms with Crippen LogP contribution in [-0.2, 0) is 9.53 Å². The van der Waals surface area contributed by atoms with Gasteiger partial charge in [-0.1, -0.05) is 31.2 Å². The summed E-state index contributed by atoms with van der Waals surface area (Å²) in [6, 6.07) is 13.7. The third-order valence-electron chi connectivity index (χ3n) is 4.82. The highest BCUT2D eigenvalue weighted by molar-refractivity contribution is 5.75. The zero-order chi connectivity index (χ0) is 18.4. The first-order valence-electron chi connectivity index (χ1n) is 9.35. The molecule has 0 unspecified atom stereocenters. The van der Waals surface area contributed by atoms with Gasteiger partial charge in [-0.15, -0.1) is 0 Å². The summed E-state index contributed by atoms with van der Waals surface area (Å²) >= 11 is 0. The molecule has 0 saturated heterocycles. The van der Waals surface area contributed by atoms with E-state index in [4.69, 9.17) is 9.47 Å². The standard InChI is InChI=1S/C22H25FO3/c1-2-15-25-20-11-7-18(8-12-20)22(24)26-21-13-5-17(6-14-21)16-3-9-19(23)10-4-16/h3-6,9-10,13-14,18,20H,2,7-8,11-12,15H2,1H3/t18-,20-. The first-order valence-corrected chi connectivity index (χ1v) is 9.35. The van der Waals surface area contributed by atoms with E-state index in [0.29, 0.717) is 5.75 Å². The lowest BCUT2D eigenvalue weighted by atomic mass is 9.87. The lowest BCUT2D eigenvalue weighted by molar-refractivity contribution is -0.141. The van der Waals surface area contributed by atoms with Crippen molar-refractivity contribution in [2.45, 2.75) is 45.1 Å². The smallest absolute Gasteiger partial charge is 0.314 e. The van der Waals surface area contributed by atoms with Gasteiger partial charge >= 0.3 is 5.97 Å². The van der Waals surface area contributed by atoms with E-state index in [-0.39, 0.29) is 23.8 Å². The number of carbonyl (C=O) groups is 1. The Morgan fingerprint density at radius 2 is 1.54 bits per heavy atom. The maximum atomic E-state index is 13.0. The molecule has 1 saturated carbocycles. The van der Waals surface area contributed by atoms with Crippen LogP contribution in [0.5, 0.6) is 5.75 Å². The Hall–Kier alpha value is -2.20. The average Bonchev–Trinajstić information content (AvgIpc) is 2.68. The molecule has 0 N–H and O–H groups in total. The third kappa shape index (κ3) is 4.92. The van der Waals surface area contributed by atoms with Crippen LogP contribution in [-0.4, -0.2) is 18.7 Å². The van der Waals surface area contributed by atoms with E-state index < -0.39 is 0 Å². The maximum Gasteiger partial charge on any atom is 0.314 e. The molecular weight excluding hydrogens is 331 g/mol. The molecule has 3 rings (SSSR count). The molecule has 1 fully saturated rings. The third-order valence-corrected chi connectivity index (χ3v) is 4.82. The topological polar surface area (TPSA) is 35.5 Å².